The van der Waals surface area contributed by atoms with Crippen molar-refractivity contribution < 1.29 is 24.5 Å². The van der Waals surface area contributed by atoms with E-state index in [1.54, 1.807) is 6.08 Å². The smallest absolute Gasteiger partial charge is 0.305 e. The van der Waals surface area contributed by atoms with Crippen LogP contribution in [0.3, 0.4) is 0 Å². The van der Waals surface area contributed by atoms with Crippen molar-refractivity contribution in [3.8, 4) is 0 Å². The van der Waals surface area contributed by atoms with E-state index in [9.17, 15) is 19.8 Å². The van der Waals surface area contributed by atoms with E-state index in [4.69, 9.17) is 4.74 Å². The lowest BCUT2D eigenvalue weighted by molar-refractivity contribution is -0.143. The van der Waals surface area contributed by atoms with Crippen LogP contribution in [-0.4, -0.2) is 47.4 Å². The minimum absolute atomic E-state index is 0.0108. The number of nitrogens with one attached hydrogen (secondary N) is 1. The molecule has 0 heterocycles. The number of unbranched alkanes of at least 4 members (excludes halogenated alkanes) is 53. The zero-order valence-corrected chi connectivity index (χ0v) is 57.8. The second-order valence-electron chi connectivity index (χ2n) is 26.3. The van der Waals surface area contributed by atoms with Gasteiger partial charge in [-0.1, -0.05) is 364 Å². The Hall–Kier alpha value is -2.44. The Labute approximate surface area is 537 Å². The minimum Gasteiger partial charge on any atom is -0.466 e. The van der Waals surface area contributed by atoms with Gasteiger partial charge >= 0.3 is 5.97 Å². The quantitative estimate of drug-likeness (QED) is 0.0320. The summed E-state index contributed by atoms with van der Waals surface area (Å²) in [6.45, 7) is 4.90. The molecule has 0 radical (unpaired) electrons. The molecular formula is C80H149NO5. The second-order valence-corrected chi connectivity index (χ2v) is 26.3. The van der Waals surface area contributed by atoms with Gasteiger partial charge in [-0.05, 0) is 96.3 Å². The fourth-order valence-corrected chi connectivity index (χ4v) is 11.9. The van der Waals surface area contributed by atoms with Crippen LogP contribution in [0.25, 0.3) is 0 Å². The highest BCUT2D eigenvalue weighted by Gasteiger charge is 2.18. The van der Waals surface area contributed by atoms with E-state index in [2.05, 4.69) is 67.8 Å². The summed E-state index contributed by atoms with van der Waals surface area (Å²) in [7, 11) is 0. The van der Waals surface area contributed by atoms with Crippen molar-refractivity contribution >= 4 is 11.9 Å². The first-order valence-electron chi connectivity index (χ1n) is 38.6. The lowest BCUT2D eigenvalue weighted by atomic mass is 10.0. The Kier molecular flexibility index (Phi) is 72.9. The van der Waals surface area contributed by atoms with Crippen LogP contribution in [-0.2, 0) is 14.3 Å². The second kappa shape index (κ2) is 75.0. The van der Waals surface area contributed by atoms with E-state index >= 15 is 0 Å². The fraction of sp³-hybridized carbons (Fsp3) is 0.850. The summed E-state index contributed by atoms with van der Waals surface area (Å²) in [5, 5.41) is 23.2. The molecule has 0 spiro atoms. The summed E-state index contributed by atoms with van der Waals surface area (Å²) >= 11 is 0. The van der Waals surface area contributed by atoms with Gasteiger partial charge in [-0.15, -0.1) is 0 Å². The van der Waals surface area contributed by atoms with Crippen molar-refractivity contribution in [1.29, 1.82) is 0 Å². The topological polar surface area (TPSA) is 95.9 Å². The van der Waals surface area contributed by atoms with Crippen LogP contribution in [0.2, 0.25) is 0 Å². The molecule has 0 saturated heterocycles. The summed E-state index contributed by atoms with van der Waals surface area (Å²) in [6, 6.07) is -0.626. The Morgan fingerprint density at radius 3 is 0.907 bits per heavy atom. The van der Waals surface area contributed by atoms with E-state index in [1.165, 1.54) is 327 Å². The Morgan fingerprint density at radius 2 is 0.581 bits per heavy atom. The van der Waals surface area contributed by atoms with Crippen LogP contribution < -0.4 is 5.32 Å². The first kappa shape index (κ1) is 83.6. The van der Waals surface area contributed by atoms with Crippen LogP contribution in [0, 0.1) is 0 Å². The van der Waals surface area contributed by atoms with Gasteiger partial charge in [0, 0.05) is 12.8 Å². The van der Waals surface area contributed by atoms with E-state index < -0.39 is 12.1 Å². The van der Waals surface area contributed by atoms with E-state index in [0.29, 0.717) is 19.4 Å². The number of esters is 1. The van der Waals surface area contributed by atoms with Gasteiger partial charge in [-0.2, -0.15) is 0 Å². The third-order valence-electron chi connectivity index (χ3n) is 17.8. The summed E-state index contributed by atoms with van der Waals surface area (Å²) in [4.78, 5) is 24.6. The number of ether oxygens (including phenoxy) is 1. The van der Waals surface area contributed by atoms with Crippen molar-refractivity contribution in [2.75, 3.05) is 13.2 Å². The molecule has 86 heavy (non-hydrogen) atoms. The van der Waals surface area contributed by atoms with Crippen molar-refractivity contribution in [3.05, 3.63) is 60.8 Å². The summed E-state index contributed by atoms with van der Waals surface area (Å²) in [5.41, 5.74) is 0. The van der Waals surface area contributed by atoms with Crippen molar-refractivity contribution in [1.82, 2.24) is 5.32 Å². The predicted octanol–water partition coefficient (Wildman–Crippen LogP) is 25.4. The number of rotatable bonds is 72. The number of aliphatic hydroxyl groups is 2. The van der Waals surface area contributed by atoms with Crippen LogP contribution in [0.1, 0.15) is 412 Å². The predicted molar refractivity (Wildman–Crippen MR) is 379 cm³/mol. The molecule has 0 bridgehead atoms. The zero-order chi connectivity index (χ0) is 62.0. The zero-order valence-electron chi connectivity index (χ0n) is 57.8. The third kappa shape index (κ3) is 70.6. The van der Waals surface area contributed by atoms with Gasteiger partial charge in [-0.3, -0.25) is 9.59 Å². The molecule has 0 rings (SSSR count). The maximum absolute atomic E-state index is 12.5. The average Bonchev–Trinajstić information content (AvgIpc) is 3.55. The van der Waals surface area contributed by atoms with Crippen LogP contribution >= 0.6 is 0 Å². The van der Waals surface area contributed by atoms with E-state index in [-0.39, 0.29) is 18.5 Å². The molecular weight excluding hydrogens is 1050 g/mol. The molecule has 0 saturated carbocycles. The van der Waals surface area contributed by atoms with Crippen molar-refractivity contribution in [2.24, 2.45) is 0 Å². The molecule has 0 aromatic heterocycles. The van der Waals surface area contributed by atoms with Gasteiger partial charge in [0.05, 0.1) is 25.4 Å². The summed E-state index contributed by atoms with van der Waals surface area (Å²) in [6.07, 6.45) is 100. The first-order chi connectivity index (χ1) is 42.5. The number of amides is 1. The molecule has 0 aromatic rings. The molecule has 2 unspecified atom stereocenters. The molecule has 6 nitrogen and oxygen atoms in total. The van der Waals surface area contributed by atoms with Crippen LogP contribution in [0.4, 0.5) is 0 Å². The van der Waals surface area contributed by atoms with Gasteiger partial charge in [0.1, 0.15) is 0 Å². The lowest BCUT2D eigenvalue weighted by Crippen LogP contribution is -2.45. The van der Waals surface area contributed by atoms with Gasteiger partial charge < -0.3 is 20.3 Å². The number of allylic oxidation sites excluding steroid dienone is 9. The normalized spacial score (nSPS) is 12.8. The van der Waals surface area contributed by atoms with Gasteiger partial charge in [0.2, 0.25) is 5.91 Å². The lowest BCUT2D eigenvalue weighted by Gasteiger charge is -2.20. The molecule has 0 fully saturated rings. The largest absolute Gasteiger partial charge is 0.466 e. The number of aliphatic hydroxyl groups excluding tert-OH is 2. The number of carbonyl (C=O) groups excluding carboxylic acids is 2. The first-order valence-corrected chi connectivity index (χ1v) is 38.6. The standard InChI is InChI=1S/C80H149NO5/c1-3-5-7-9-11-13-15-17-19-41-46-50-54-58-62-66-70-74-80(85)86-75-71-67-63-59-55-51-47-43-40-38-36-34-32-30-28-26-24-22-20-21-23-25-27-29-31-33-35-37-39-42-45-49-53-57-61-65-69-73-79(84)81-77(76-82)78(83)72-68-64-60-56-52-48-44-18-16-14-12-10-8-6-4-2/h11,13,17,19-20,22,26,28,68,72,77-78,82-83H,3-10,12,14-16,18,21,23-25,27,29-67,69-71,73-76H2,1-2H3,(H,81,84)/b13-11-,19-17-,22-20-,28-26-,72-68+. The average molecular weight is 1210 g/mol. The fourth-order valence-electron chi connectivity index (χ4n) is 11.9. The van der Waals surface area contributed by atoms with Crippen LogP contribution in [0.5, 0.6) is 0 Å². The molecule has 504 valence electrons. The molecule has 0 aliphatic rings. The Bertz CT molecular complexity index is 1480. The maximum Gasteiger partial charge on any atom is 0.305 e. The highest BCUT2D eigenvalue weighted by molar-refractivity contribution is 5.76. The van der Waals surface area contributed by atoms with E-state index in [0.717, 1.165) is 57.8 Å². The summed E-state index contributed by atoms with van der Waals surface area (Å²) < 4.78 is 5.50. The van der Waals surface area contributed by atoms with Gasteiger partial charge in [-0.25, -0.2) is 0 Å². The highest BCUT2D eigenvalue weighted by Crippen LogP contribution is 2.19. The molecule has 6 heteroatoms. The Balaban J connectivity index is 3.37. The SMILES string of the molecule is CCCCC/C=C\C/C=C\CCCCCCCCCC(=O)OCCCCCCCCCCCCCCC/C=C\C/C=C\CCCCCCCCCCCCCCCCCCCC(=O)NC(CO)C(O)/C=C/CCCCCCCCCCCCCCC. The highest BCUT2D eigenvalue weighted by atomic mass is 16.5. The maximum atomic E-state index is 12.5. The molecule has 0 aliphatic carbocycles. The van der Waals surface area contributed by atoms with E-state index in [1.807, 2.05) is 6.08 Å². The Morgan fingerprint density at radius 1 is 0.326 bits per heavy atom. The van der Waals surface area contributed by atoms with Crippen molar-refractivity contribution in [3.63, 3.8) is 0 Å². The van der Waals surface area contributed by atoms with Crippen molar-refractivity contribution in [2.45, 2.75) is 424 Å². The molecule has 1 amide bonds. The van der Waals surface area contributed by atoms with Gasteiger partial charge in [0.25, 0.3) is 0 Å². The molecule has 0 aromatic carbocycles. The minimum atomic E-state index is -0.843. The molecule has 2 atom stereocenters. The number of hydrogen-bond acceptors (Lipinski definition) is 5. The van der Waals surface area contributed by atoms with Gasteiger partial charge in [0.15, 0.2) is 0 Å². The summed E-state index contributed by atoms with van der Waals surface area (Å²) in [5.74, 6) is -0.0525. The molecule has 0 aliphatic heterocycles. The monoisotopic (exact) mass is 1200 g/mol. The van der Waals surface area contributed by atoms with Crippen LogP contribution in [0.15, 0.2) is 60.8 Å². The number of carbonyl (C=O) groups is 2. The molecule has 3 N–H and O–H groups in total. The third-order valence-corrected chi connectivity index (χ3v) is 17.8. The number of hydrogen-bond donors (Lipinski definition) is 3.